The molecule has 5 heteroatoms. The molecular formula is C16H27N3O2. The third-order valence-corrected chi connectivity index (χ3v) is 3.95. The fraction of sp³-hybridized carbons (Fsp3) is 0.750. The van der Waals surface area contributed by atoms with Crippen molar-refractivity contribution in [1.82, 2.24) is 15.5 Å². The lowest BCUT2D eigenvalue weighted by atomic mass is 9.92. The zero-order valence-corrected chi connectivity index (χ0v) is 13.2. The predicted molar refractivity (Wildman–Crippen MR) is 83.5 cm³/mol. The standard InChI is InChI=1S/C16H27N3O2/c1-4-6-10-18-16(21)14-8-7-13(3)19(11-14)12-15(20)17-9-5-2/h2,13-14H,4,6-12H2,1,3H3,(H,17,20)(H,18,21)/t13-,14+/m1/s1. The highest BCUT2D eigenvalue weighted by Crippen LogP contribution is 2.21. The summed E-state index contributed by atoms with van der Waals surface area (Å²) in [6.07, 6.45) is 9.03. The minimum atomic E-state index is -0.0770. The van der Waals surface area contributed by atoms with E-state index in [1.165, 1.54) is 0 Å². The van der Waals surface area contributed by atoms with Gasteiger partial charge in [0.2, 0.25) is 11.8 Å². The quantitative estimate of drug-likeness (QED) is 0.538. The Labute approximate surface area is 127 Å². The van der Waals surface area contributed by atoms with Gasteiger partial charge in [0.1, 0.15) is 0 Å². The van der Waals surface area contributed by atoms with E-state index in [1.807, 2.05) is 0 Å². The molecule has 0 radical (unpaired) electrons. The van der Waals surface area contributed by atoms with E-state index < -0.39 is 0 Å². The van der Waals surface area contributed by atoms with E-state index in [2.05, 4.69) is 35.3 Å². The lowest BCUT2D eigenvalue weighted by Gasteiger charge is -2.36. The van der Waals surface area contributed by atoms with Crippen molar-refractivity contribution < 1.29 is 9.59 Å². The van der Waals surface area contributed by atoms with Crippen molar-refractivity contribution in [3.63, 3.8) is 0 Å². The number of hydrogen-bond acceptors (Lipinski definition) is 3. The molecule has 5 nitrogen and oxygen atoms in total. The summed E-state index contributed by atoms with van der Waals surface area (Å²) in [6.45, 7) is 6.14. The molecule has 21 heavy (non-hydrogen) atoms. The first-order valence-electron chi connectivity index (χ1n) is 7.80. The van der Waals surface area contributed by atoms with Crippen molar-refractivity contribution in [3.8, 4) is 12.3 Å². The van der Waals surface area contributed by atoms with E-state index in [1.54, 1.807) is 0 Å². The van der Waals surface area contributed by atoms with E-state index in [-0.39, 0.29) is 24.3 Å². The number of unbranched alkanes of at least 4 members (excludes halogenated alkanes) is 1. The fourth-order valence-electron chi connectivity index (χ4n) is 2.54. The largest absolute Gasteiger partial charge is 0.356 e. The monoisotopic (exact) mass is 293 g/mol. The Morgan fingerprint density at radius 3 is 2.76 bits per heavy atom. The first kappa shape index (κ1) is 17.5. The molecule has 0 unspecified atom stereocenters. The van der Waals surface area contributed by atoms with Gasteiger partial charge < -0.3 is 10.6 Å². The highest BCUT2D eigenvalue weighted by Gasteiger charge is 2.30. The number of terminal acetylenes is 1. The summed E-state index contributed by atoms with van der Waals surface area (Å²) in [4.78, 5) is 25.9. The maximum atomic E-state index is 12.1. The molecule has 1 fully saturated rings. The molecule has 0 aromatic rings. The molecular weight excluding hydrogens is 266 g/mol. The molecule has 118 valence electrons. The molecule has 0 saturated carbocycles. The summed E-state index contributed by atoms with van der Waals surface area (Å²) in [6, 6.07) is 0.321. The Morgan fingerprint density at radius 1 is 1.33 bits per heavy atom. The third-order valence-electron chi connectivity index (χ3n) is 3.95. The van der Waals surface area contributed by atoms with Gasteiger partial charge in [0.25, 0.3) is 0 Å². The number of hydrogen-bond donors (Lipinski definition) is 2. The number of piperidine rings is 1. The first-order valence-corrected chi connectivity index (χ1v) is 7.80. The van der Waals surface area contributed by atoms with Crippen molar-refractivity contribution in [2.45, 2.75) is 45.6 Å². The van der Waals surface area contributed by atoms with Crippen LogP contribution in [0.5, 0.6) is 0 Å². The van der Waals surface area contributed by atoms with Crippen molar-refractivity contribution in [2.75, 3.05) is 26.2 Å². The van der Waals surface area contributed by atoms with E-state index in [0.29, 0.717) is 19.1 Å². The molecule has 0 aromatic carbocycles. The molecule has 2 N–H and O–H groups in total. The fourth-order valence-corrected chi connectivity index (χ4v) is 2.54. The lowest BCUT2D eigenvalue weighted by Crippen LogP contribution is -2.50. The van der Waals surface area contributed by atoms with Gasteiger partial charge in [0.05, 0.1) is 19.0 Å². The van der Waals surface area contributed by atoms with Gasteiger partial charge in [-0.2, -0.15) is 0 Å². The van der Waals surface area contributed by atoms with Gasteiger partial charge in [-0.15, -0.1) is 6.42 Å². The predicted octanol–water partition coefficient (Wildman–Crippen LogP) is 0.753. The zero-order valence-electron chi connectivity index (χ0n) is 13.2. The van der Waals surface area contributed by atoms with Crippen LogP contribution in [0.2, 0.25) is 0 Å². The normalized spacial score (nSPS) is 22.3. The van der Waals surface area contributed by atoms with E-state index in [9.17, 15) is 9.59 Å². The van der Waals surface area contributed by atoms with E-state index in [0.717, 1.165) is 32.2 Å². The van der Waals surface area contributed by atoms with Crippen molar-refractivity contribution >= 4 is 11.8 Å². The minimum Gasteiger partial charge on any atom is -0.356 e. The Balaban J connectivity index is 2.44. The van der Waals surface area contributed by atoms with Crippen LogP contribution in [0, 0.1) is 18.3 Å². The topological polar surface area (TPSA) is 61.4 Å². The number of carbonyl (C=O) groups excluding carboxylic acids is 2. The average molecular weight is 293 g/mol. The number of carbonyl (C=O) groups is 2. The number of rotatable bonds is 7. The average Bonchev–Trinajstić information content (AvgIpc) is 2.47. The Bertz CT molecular complexity index is 389. The van der Waals surface area contributed by atoms with E-state index >= 15 is 0 Å². The van der Waals surface area contributed by atoms with Gasteiger partial charge in [-0.25, -0.2) is 0 Å². The molecule has 1 saturated heterocycles. The first-order chi connectivity index (χ1) is 10.1. The van der Waals surface area contributed by atoms with Crippen molar-refractivity contribution in [2.24, 2.45) is 5.92 Å². The highest BCUT2D eigenvalue weighted by atomic mass is 16.2. The van der Waals surface area contributed by atoms with Gasteiger partial charge >= 0.3 is 0 Å². The lowest BCUT2D eigenvalue weighted by molar-refractivity contribution is -0.129. The SMILES string of the molecule is C#CCNC(=O)CN1C[C@@H](C(=O)NCCCC)CC[C@H]1C. The molecule has 1 aliphatic rings. The molecule has 0 bridgehead atoms. The van der Waals surface area contributed by atoms with Gasteiger partial charge in [0.15, 0.2) is 0 Å². The molecule has 1 heterocycles. The van der Waals surface area contributed by atoms with Gasteiger partial charge in [-0.1, -0.05) is 19.3 Å². The number of likely N-dealkylation sites (tertiary alicyclic amines) is 1. The van der Waals surface area contributed by atoms with Crippen LogP contribution < -0.4 is 10.6 Å². The summed E-state index contributed by atoms with van der Waals surface area (Å²) in [5, 5.41) is 5.65. The summed E-state index contributed by atoms with van der Waals surface area (Å²) in [7, 11) is 0. The minimum absolute atomic E-state index is 0.0153. The van der Waals surface area contributed by atoms with Crippen LogP contribution in [-0.2, 0) is 9.59 Å². The molecule has 0 spiro atoms. The zero-order chi connectivity index (χ0) is 15.7. The van der Waals surface area contributed by atoms with Crippen LogP contribution in [0.15, 0.2) is 0 Å². The molecule has 2 amide bonds. The van der Waals surface area contributed by atoms with Crippen LogP contribution in [0.1, 0.15) is 39.5 Å². The number of amides is 2. The Hall–Kier alpha value is -1.54. The van der Waals surface area contributed by atoms with Gasteiger partial charge in [-0.3, -0.25) is 14.5 Å². The highest BCUT2D eigenvalue weighted by molar-refractivity contribution is 5.80. The van der Waals surface area contributed by atoms with Gasteiger partial charge in [0, 0.05) is 19.1 Å². The maximum absolute atomic E-state index is 12.1. The van der Waals surface area contributed by atoms with Crippen LogP contribution in [0.4, 0.5) is 0 Å². The summed E-state index contributed by atoms with van der Waals surface area (Å²) >= 11 is 0. The summed E-state index contributed by atoms with van der Waals surface area (Å²) in [5.74, 6) is 2.41. The molecule has 0 aromatic heterocycles. The second-order valence-corrected chi connectivity index (χ2v) is 5.68. The maximum Gasteiger partial charge on any atom is 0.234 e. The van der Waals surface area contributed by atoms with Crippen LogP contribution in [-0.4, -0.2) is 48.9 Å². The van der Waals surface area contributed by atoms with Crippen molar-refractivity contribution in [1.29, 1.82) is 0 Å². The molecule has 0 aliphatic carbocycles. The van der Waals surface area contributed by atoms with Crippen LogP contribution in [0.3, 0.4) is 0 Å². The smallest absolute Gasteiger partial charge is 0.234 e. The Morgan fingerprint density at radius 2 is 2.10 bits per heavy atom. The second-order valence-electron chi connectivity index (χ2n) is 5.68. The Kier molecular flexibility index (Phi) is 7.84. The van der Waals surface area contributed by atoms with Crippen LogP contribution >= 0.6 is 0 Å². The number of nitrogens with zero attached hydrogens (tertiary/aromatic N) is 1. The summed E-state index contributed by atoms with van der Waals surface area (Å²) in [5.41, 5.74) is 0. The van der Waals surface area contributed by atoms with Crippen LogP contribution in [0.25, 0.3) is 0 Å². The molecule has 1 rings (SSSR count). The third kappa shape index (κ3) is 6.17. The second kappa shape index (κ2) is 9.41. The van der Waals surface area contributed by atoms with E-state index in [4.69, 9.17) is 6.42 Å². The summed E-state index contributed by atoms with van der Waals surface area (Å²) < 4.78 is 0. The molecule has 1 aliphatic heterocycles. The van der Waals surface area contributed by atoms with Crippen molar-refractivity contribution in [3.05, 3.63) is 0 Å². The molecule has 2 atom stereocenters. The number of nitrogens with one attached hydrogen (secondary N) is 2. The van der Waals surface area contributed by atoms with Gasteiger partial charge in [-0.05, 0) is 26.2 Å².